The molecule has 0 aliphatic rings. The molecule has 1 aromatic heterocycles. The van der Waals surface area contributed by atoms with Gasteiger partial charge in [-0.25, -0.2) is 0 Å². The fourth-order valence-corrected chi connectivity index (χ4v) is 2.09. The SMILES string of the molecule is NC(=O)c1cccc(CNC(=O)CNC(=O)c2ccc(Br)o2)c1. The van der Waals surface area contributed by atoms with Gasteiger partial charge in [0.2, 0.25) is 11.8 Å². The van der Waals surface area contributed by atoms with Crippen LogP contribution in [0, 0.1) is 0 Å². The molecule has 23 heavy (non-hydrogen) atoms. The zero-order valence-electron chi connectivity index (χ0n) is 12.0. The first-order chi connectivity index (χ1) is 11.0. The second-order valence-electron chi connectivity index (χ2n) is 4.63. The van der Waals surface area contributed by atoms with E-state index in [0.717, 1.165) is 5.56 Å². The van der Waals surface area contributed by atoms with Crippen LogP contribution in [0.15, 0.2) is 45.5 Å². The van der Waals surface area contributed by atoms with Crippen molar-refractivity contribution in [3.05, 3.63) is 58.0 Å². The predicted octanol–water partition coefficient (Wildman–Crippen LogP) is 1.19. The van der Waals surface area contributed by atoms with Crippen LogP contribution in [-0.2, 0) is 11.3 Å². The van der Waals surface area contributed by atoms with Crippen LogP contribution in [0.3, 0.4) is 0 Å². The molecular formula is C15H14BrN3O4. The number of carbonyl (C=O) groups excluding carboxylic acids is 3. The lowest BCUT2D eigenvalue weighted by Gasteiger charge is -2.07. The van der Waals surface area contributed by atoms with E-state index in [4.69, 9.17) is 10.2 Å². The summed E-state index contributed by atoms with van der Waals surface area (Å²) in [6.45, 7) is 0.0365. The third-order valence-corrected chi connectivity index (χ3v) is 3.33. The van der Waals surface area contributed by atoms with Crippen molar-refractivity contribution in [3.63, 3.8) is 0 Å². The number of furan rings is 1. The van der Waals surface area contributed by atoms with Gasteiger partial charge < -0.3 is 20.8 Å². The van der Waals surface area contributed by atoms with Crippen LogP contribution in [0.25, 0.3) is 0 Å². The largest absolute Gasteiger partial charge is 0.444 e. The Kier molecular flexibility index (Phi) is 5.53. The molecule has 0 fully saturated rings. The van der Waals surface area contributed by atoms with Crippen molar-refractivity contribution in [2.24, 2.45) is 5.73 Å². The van der Waals surface area contributed by atoms with Crippen LogP contribution in [0.2, 0.25) is 0 Å². The van der Waals surface area contributed by atoms with Crippen molar-refractivity contribution >= 4 is 33.7 Å². The Labute approximate surface area is 140 Å². The summed E-state index contributed by atoms with van der Waals surface area (Å²) in [7, 11) is 0. The van der Waals surface area contributed by atoms with Gasteiger partial charge in [-0.05, 0) is 45.8 Å². The first-order valence-electron chi connectivity index (χ1n) is 6.64. The molecule has 120 valence electrons. The van der Waals surface area contributed by atoms with Crippen molar-refractivity contribution in [3.8, 4) is 0 Å². The molecule has 0 saturated carbocycles. The second-order valence-corrected chi connectivity index (χ2v) is 5.41. The number of nitrogens with two attached hydrogens (primary N) is 1. The minimum absolute atomic E-state index is 0.110. The maximum atomic E-state index is 11.7. The van der Waals surface area contributed by atoms with E-state index in [0.29, 0.717) is 10.2 Å². The lowest BCUT2D eigenvalue weighted by Crippen LogP contribution is -2.36. The molecule has 0 bridgehead atoms. The third kappa shape index (κ3) is 4.96. The van der Waals surface area contributed by atoms with Gasteiger partial charge in [0.25, 0.3) is 5.91 Å². The van der Waals surface area contributed by atoms with E-state index in [1.54, 1.807) is 30.3 Å². The molecule has 4 N–H and O–H groups in total. The molecule has 0 radical (unpaired) electrons. The highest BCUT2D eigenvalue weighted by Gasteiger charge is 2.11. The van der Waals surface area contributed by atoms with E-state index in [2.05, 4.69) is 26.6 Å². The topological polar surface area (TPSA) is 114 Å². The first kappa shape index (κ1) is 16.8. The van der Waals surface area contributed by atoms with Gasteiger partial charge in [-0.3, -0.25) is 14.4 Å². The van der Waals surface area contributed by atoms with Crippen molar-refractivity contribution in [2.45, 2.75) is 6.54 Å². The molecule has 0 atom stereocenters. The highest BCUT2D eigenvalue weighted by Crippen LogP contribution is 2.13. The molecule has 0 aliphatic carbocycles. The van der Waals surface area contributed by atoms with Gasteiger partial charge in [-0.2, -0.15) is 0 Å². The molecule has 8 heteroatoms. The molecule has 0 unspecified atom stereocenters. The second kappa shape index (κ2) is 7.59. The maximum absolute atomic E-state index is 11.7. The third-order valence-electron chi connectivity index (χ3n) is 2.91. The van der Waals surface area contributed by atoms with E-state index in [1.807, 2.05) is 0 Å². The van der Waals surface area contributed by atoms with Gasteiger partial charge in [0, 0.05) is 12.1 Å². The van der Waals surface area contributed by atoms with Gasteiger partial charge in [0.1, 0.15) is 0 Å². The summed E-state index contributed by atoms with van der Waals surface area (Å²) in [6.07, 6.45) is 0. The Morgan fingerprint density at radius 1 is 1.13 bits per heavy atom. The lowest BCUT2D eigenvalue weighted by molar-refractivity contribution is -0.120. The average molecular weight is 380 g/mol. The molecule has 0 aliphatic heterocycles. The molecule has 3 amide bonds. The molecular weight excluding hydrogens is 366 g/mol. The van der Waals surface area contributed by atoms with Crippen LogP contribution in [-0.4, -0.2) is 24.3 Å². The summed E-state index contributed by atoms with van der Waals surface area (Å²) >= 11 is 3.09. The number of primary amides is 1. The van der Waals surface area contributed by atoms with E-state index in [9.17, 15) is 14.4 Å². The standard InChI is InChI=1S/C15H14BrN3O4/c16-12-5-4-11(23-12)15(22)19-8-13(20)18-7-9-2-1-3-10(6-9)14(17)21/h1-6H,7-8H2,(H2,17,21)(H,18,20)(H,19,22). The quantitative estimate of drug-likeness (QED) is 0.698. The van der Waals surface area contributed by atoms with Crippen molar-refractivity contribution in [1.82, 2.24) is 10.6 Å². The Bertz CT molecular complexity index is 742. The van der Waals surface area contributed by atoms with Gasteiger partial charge in [-0.15, -0.1) is 0 Å². The number of amides is 3. The van der Waals surface area contributed by atoms with Crippen LogP contribution < -0.4 is 16.4 Å². The first-order valence-corrected chi connectivity index (χ1v) is 7.44. The Morgan fingerprint density at radius 3 is 2.57 bits per heavy atom. The van der Waals surface area contributed by atoms with Crippen LogP contribution in [0.4, 0.5) is 0 Å². The van der Waals surface area contributed by atoms with E-state index < -0.39 is 11.8 Å². The number of halogens is 1. The Balaban J connectivity index is 1.80. The van der Waals surface area contributed by atoms with Crippen LogP contribution in [0.1, 0.15) is 26.5 Å². The lowest BCUT2D eigenvalue weighted by atomic mass is 10.1. The molecule has 0 saturated heterocycles. The Morgan fingerprint density at radius 2 is 1.91 bits per heavy atom. The van der Waals surface area contributed by atoms with Crippen molar-refractivity contribution in [1.29, 1.82) is 0 Å². The normalized spacial score (nSPS) is 10.1. The maximum Gasteiger partial charge on any atom is 0.287 e. The van der Waals surface area contributed by atoms with E-state index in [1.165, 1.54) is 6.07 Å². The molecule has 1 heterocycles. The van der Waals surface area contributed by atoms with Gasteiger partial charge in [0.15, 0.2) is 10.4 Å². The molecule has 2 rings (SSSR count). The number of hydrogen-bond acceptors (Lipinski definition) is 4. The molecule has 1 aromatic carbocycles. The van der Waals surface area contributed by atoms with Crippen molar-refractivity contribution in [2.75, 3.05) is 6.54 Å². The van der Waals surface area contributed by atoms with E-state index in [-0.39, 0.29) is 24.8 Å². The highest BCUT2D eigenvalue weighted by atomic mass is 79.9. The van der Waals surface area contributed by atoms with Gasteiger partial charge >= 0.3 is 0 Å². The number of benzene rings is 1. The summed E-state index contributed by atoms with van der Waals surface area (Å²) < 4.78 is 5.50. The highest BCUT2D eigenvalue weighted by molar-refractivity contribution is 9.10. The van der Waals surface area contributed by atoms with E-state index >= 15 is 0 Å². The van der Waals surface area contributed by atoms with Gasteiger partial charge in [-0.1, -0.05) is 12.1 Å². The smallest absolute Gasteiger partial charge is 0.287 e. The van der Waals surface area contributed by atoms with Crippen LogP contribution >= 0.6 is 15.9 Å². The Hall–Kier alpha value is -2.61. The minimum Gasteiger partial charge on any atom is -0.444 e. The average Bonchev–Trinajstić information content (AvgIpc) is 2.97. The van der Waals surface area contributed by atoms with Gasteiger partial charge in [0.05, 0.1) is 6.54 Å². The van der Waals surface area contributed by atoms with Crippen LogP contribution in [0.5, 0.6) is 0 Å². The summed E-state index contributed by atoms with van der Waals surface area (Å²) in [6, 6.07) is 9.70. The molecule has 2 aromatic rings. The predicted molar refractivity (Wildman–Crippen MR) is 85.5 cm³/mol. The van der Waals surface area contributed by atoms with Crippen molar-refractivity contribution < 1.29 is 18.8 Å². The summed E-state index contributed by atoms with van der Waals surface area (Å²) in [5, 5.41) is 5.07. The molecule has 0 spiro atoms. The zero-order valence-corrected chi connectivity index (χ0v) is 13.6. The fraction of sp³-hybridized carbons (Fsp3) is 0.133. The molecule has 7 nitrogen and oxygen atoms in total. The number of nitrogens with one attached hydrogen (secondary N) is 2. The number of carbonyl (C=O) groups is 3. The summed E-state index contributed by atoms with van der Waals surface area (Å²) in [5.74, 6) is -1.27. The zero-order chi connectivity index (χ0) is 16.8. The minimum atomic E-state index is -0.532. The number of hydrogen-bond donors (Lipinski definition) is 3. The fourth-order valence-electron chi connectivity index (χ4n) is 1.78. The summed E-state index contributed by atoms with van der Waals surface area (Å²) in [5.41, 5.74) is 6.29. The summed E-state index contributed by atoms with van der Waals surface area (Å²) in [4.78, 5) is 34.5. The number of rotatable bonds is 6. The monoisotopic (exact) mass is 379 g/mol.